The summed E-state index contributed by atoms with van der Waals surface area (Å²) in [5.74, 6) is 0.724. The van der Waals surface area contributed by atoms with E-state index in [0.717, 1.165) is 22.6 Å². The van der Waals surface area contributed by atoms with Crippen LogP contribution >= 0.6 is 0 Å². The van der Waals surface area contributed by atoms with Crippen LogP contribution in [0.4, 0.5) is 5.69 Å². The third-order valence-corrected chi connectivity index (χ3v) is 3.75. The molecule has 2 aromatic rings. The Morgan fingerprint density at radius 1 is 0.960 bits per heavy atom. The molecule has 0 heterocycles. The molecule has 0 amide bonds. The summed E-state index contributed by atoms with van der Waals surface area (Å²) in [6.07, 6.45) is 3.70. The first-order valence-electron chi connectivity index (χ1n) is 7.73. The van der Waals surface area contributed by atoms with Crippen molar-refractivity contribution >= 4 is 17.3 Å². The number of nitriles is 2. The summed E-state index contributed by atoms with van der Waals surface area (Å²) in [7, 11) is 5.57. The second kappa shape index (κ2) is 8.38. The Balaban J connectivity index is 2.38. The Morgan fingerprint density at radius 3 is 2.04 bits per heavy atom. The van der Waals surface area contributed by atoms with Gasteiger partial charge < -0.3 is 9.64 Å². The first-order valence-corrected chi connectivity index (χ1v) is 7.73. The zero-order valence-electron chi connectivity index (χ0n) is 14.5. The molecular formula is C21H19N3O. The van der Waals surface area contributed by atoms with Crippen molar-refractivity contribution in [2.75, 3.05) is 26.1 Å². The maximum absolute atomic E-state index is 9.26. The van der Waals surface area contributed by atoms with Crippen LogP contribution in [0.15, 0.2) is 60.2 Å². The highest BCUT2D eigenvalue weighted by molar-refractivity contribution is 5.85. The van der Waals surface area contributed by atoms with Gasteiger partial charge in [-0.05, 0) is 35.4 Å². The van der Waals surface area contributed by atoms with Crippen LogP contribution in [0.5, 0.6) is 5.75 Å². The molecule has 4 nitrogen and oxygen atoms in total. The summed E-state index contributed by atoms with van der Waals surface area (Å²) in [4.78, 5) is 2.03. The summed E-state index contributed by atoms with van der Waals surface area (Å²) in [6.45, 7) is 0. The molecule has 0 radical (unpaired) electrons. The third kappa shape index (κ3) is 4.50. The summed E-state index contributed by atoms with van der Waals surface area (Å²) >= 11 is 0. The molecule has 0 unspecified atom stereocenters. The number of nitrogens with zero attached hydrogens (tertiary/aromatic N) is 3. The van der Waals surface area contributed by atoms with Crippen molar-refractivity contribution in [1.29, 1.82) is 10.5 Å². The highest BCUT2D eigenvalue weighted by atomic mass is 16.5. The van der Waals surface area contributed by atoms with E-state index < -0.39 is 0 Å². The third-order valence-electron chi connectivity index (χ3n) is 3.75. The molecule has 2 rings (SSSR count). The highest BCUT2D eigenvalue weighted by Gasteiger charge is 2.07. The lowest BCUT2D eigenvalue weighted by atomic mass is 9.99. The fourth-order valence-corrected chi connectivity index (χ4v) is 2.30. The lowest BCUT2D eigenvalue weighted by Gasteiger charge is -2.11. The van der Waals surface area contributed by atoms with Crippen LogP contribution in [0.3, 0.4) is 0 Å². The molecule has 0 aliphatic rings. The maximum atomic E-state index is 9.26. The van der Waals surface area contributed by atoms with Gasteiger partial charge in [-0.3, -0.25) is 0 Å². The molecule has 0 aliphatic carbocycles. The van der Waals surface area contributed by atoms with Crippen molar-refractivity contribution in [2.24, 2.45) is 0 Å². The van der Waals surface area contributed by atoms with Gasteiger partial charge in [-0.25, -0.2) is 0 Å². The van der Waals surface area contributed by atoms with Crippen LogP contribution in [-0.4, -0.2) is 21.2 Å². The minimum absolute atomic E-state index is 0.0753. The Hall–Kier alpha value is -3.50. The van der Waals surface area contributed by atoms with Crippen molar-refractivity contribution in [2.45, 2.75) is 0 Å². The first kappa shape index (κ1) is 17.8. The summed E-state index contributed by atoms with van der Waals surface area (Å²) in [6, 6.07) is 19.3. The largest absolute Gasteiger partial charge is 0.497 e. The number of hydrogen-bond donors (Lipinski definition) is 0. The predicted molar refractivity (Wildman–Crippen MR) is 101 cm³/mol. The number of anilines is 1. The Labute approximate surface area is 148 Å². The van der Waals surface area contributed by atoms with Crippen molar-refractivity contribution in [3.05, 3.63) is 71.3 Å². The quantitative estimate of drug-likeness (QED) is 0.607. The van der Waals surface area contributed by atoms with Gasteiger partial charge in [-0.2, -0.15) is 10.5 Å². The predicted octanol–water partition coefficient (Wildman–Crippen LogP) is 4.28. The standard InChI is InChI=1S/C21H19N3O/c1-24(2)19-9-4-16(5-10-19)6-13-21(18(14-22)15-23)17-7-11-20(25-3)12-8-17/h4-13H,1-3H3/b13-6+. The molecule has 25 heavy (non-hydrogen) atoms. The van der Waals surface area contributed by atoms with E-state index in [1.54, 1.807) is 25.3 Å². The van der Waals surface area contributed by atoms with Gasteiger partial charge in [0, 0.05) is 25.4 Å². The highest BCUT2D eigenvalue weighted by Crippen LogP contribution is 2.24. The molecule has 0 atom stereocenters. The molecule has 2 aromatic carbocycles. The maximum Gasteiger partial charge on any atom is 0.137 e. The van der Waals surface area contributed by atoms with Crippen LogP contribution in [0.1, 0.15) is 11.1 Å². The van der Waals surface area contributed by atoms with Crippen LogP contribution in [-0.2, 0) is 0 Å². The van der Waals surface area contributed by atoms with Gasteiger partial charge in [0.1, 0.15) is 23.5 Å². The molecule has 0 spiro atoms. The average molecular weight is 329 g/mol. The molecule has 4 heteroatoms. The van der Waals surface area contributed by atoms with E-state index in [1.807, 2.05) is 73.6 Å². The van der Waals surface area contributed by atoms with Crippen molar-refractivity contribution < 1.29 is 4.74 Å². The molecule has 0 aliphatic heterocycles. The van der Waals surface area contributed by atoms with Gasteiger partial charge >= 0.3 is 0 Å². The SMILES string of the molecule is COc1ccc(C(/C=C/c2ccc(N(C)C)cc2)=C(C#N)C#N)cc1. The molecule has 0 saturated heterocycles. The smallest absolute Gasteiger partial charge is 0.137 e. The second-order valence-electron chi connectivity index (χ2n) is 5.56. The topological polar surface area (TPSA) is 60.0 Å². The summed E-state index contributed by atoms with van der Waals surface area (Å²) in [5, 5.41) is 18.5. The van der Waals surface area contributed by atoms with Crippen molar-refractivity contribution in [1.82, 2.24) is 0 Å². The van der Waals surface area contributed by atoms with Gasteiger partial charge in [-0.1, -0.05) is 36.4 Å². The van der Waals surface area contributed by atoms with Crippen LogP contribution in [0.25, 0.3) is 11.6 Å². The first-order chi connectivity index (χ1) is 12.1. The number of methoxy groups -OCH3 is 1. The number of hydrogen-bond acceptors (Lipinski definition) is 4. The number of allylic oxidation sites excluding steroid dienone is 3. The van der Waals surface area contributed by atoms with E-state index in [0.29, 0.717) is 5.57 Å². The van der Waals surface area contributed by atoms with Crippen molar-refractivity contribution in [3.8, 4) is 17.9 Å². The van der Waals surface area contributed by atoms with Crippen LogP contribution in [0.2, 0.25) is 0 Å². The molecule has 124 valence electrons. The molecule has 0 N–H and O–H groups in total. The van der Waals surface area contributed by atoms with E-state index in [2.05, 4.69) is 0 Å². The minimum Gasteiger partial charge on any atom is -0.497 e. The van der Waals surface area contributed by atoms with E-state index in [-0.39, 0.29) is 5.57 Å². The Kier molecular flexibility index (Phi) is 5.98. The Morgan fingerprint density at radius 2 is 1.56 bits per heavy atom. The lowest BCUT2D eigenvalue weighted by molar-refractivity contribution is 0.415. The normalized spacial score (nSPS) is 9.96. The molecule has 0 bridgehead atoms. The molecular weight excluding hydrogens is 310 g/mol. The molecule has 0 fully saturated rings. The summed E-state index contributed by atoms with van der Waals surface area (Å²) < 4.78 is 5.15. The number of rotatable bonds is 5. The average Bonchev–Trinajstić information content (AvgIpc) is 2.65. The van der Waals surface area contributed by atoms with Crippen LogP contribution in [0, 0.1) is 22.7 Å². The molecule has 0 saturated carbocycles. The van der Waals surface area contributed by atoms with Crippen molar-refractivity contribution in [3.63, 3.8) is 0 Å². The van der Waals surface area contributed by atoms with E-state index in [9.17, 15) is 10.5 Å². The van der Waals surface area contributed by atoms with E-state index in [1.165, 1.54) is 0 Å². The fourth-order valence-electron chi connectivity index (χ4n) is 2.30. The second-order valence-corrected chi connectivity index (χ2v) is 5.56. The zero-order chi connectivity index (χ0) is 18.2. The minimum atomic E-state index is 0.0753. The van der Waals surface area contributed by atoms with E-state index >= 15 is 0 Å². The number of benzene rings is 2. The zero-order valence-corrected chi connectivity index (χ0v) is 14.5. The molecule has 0 aromatic heterocycles. The Bertz CT molecular complexity index is 845. The van der Waals surface area contributed by atoms with Gasteiger partial charge in [0.05, 0.1) is 7.11 Å². The van der Waals surface area contributed by atoms with Gasteiger partial charge in [0.2, 0.25) is 0 Å². The van der Waals surface area contributed by atoms with Gasteiger partial charge in [-0.15, -0.1) is 0 Å². The monoisotopic (exact) mass is 329 g/mol. The summed E-state index contributed by atoms with van der Waals surface area (Å²) in [5.41, 5.74) is 3.56. The fraction of sp³-hybridized carbons (Fsp3) is 0.143. The van der Waals surface area contributed by atoms with Gasteiger partial charge in [0.25, 0.3) is 0 Å². The van der Waals surface area contributed by atoms with Gasteiger partial charge in [0.15, 0.2) is 0 Å². The van der Waals surface area contributed by atoms with E-state index in [4.69, 9.17) is 4.74 Å². The lowest BCUT2D eigenvalue weighted by Crippen LogP contribution is -2.07. The number of ether oxygens (including phenoxy) is 1. The van der Waals surface area contributed by atoms with Crippen LogP contribution < -0.4 is 9.64 Å².